The van der Waals surface area contributed by atoms with Crippen LogP contribution in [0.2, 0.25) is 5.02 Å². The van der Waals surface area contributed by atoms with Gasteiger partial charge in [-0.3, -0.25) is 15.2 Å². The van der Waals surface area contributed by atoms with E-state index in [1.54, 1.807) is 6.20 Å². The lowest BCUT2D eigenvalue weighted by Crippen LogP contribution is -2.23. The topological polar surface area (TPSA) is 57.6 Å². The van der Waals surface area contributed by atoms with E-state index < -0.39 is 0 Å². The van der Waals surface area contributed by atoms with E-state index in [4.69, 9.17) is 11.6 Å². The molecule has 0 radical (unpaired) electrons. The number of carbonyl (C=O) groups excluding carboxylic acids is 1. The number of pyridine rings is 1. The molecule has 2 heterocycles. The van der Waals surface area contributed by atoms with Gasteiger partial charge in [0.25, 0.3) is 0 Å². The first-order valence-corrected chi connectivity index (χ1v) is 9.25. The first-order chi connectivity index (χ1) is 13.1. The van der Waals surface area contributed by atoms with E-state index >= 15 is 0 Å². The van der Waals surface area contributed by atoms with Crippen LogP contribution in [0.3, 0.4) is 0 Å². The molecule has 0 unspecified atom stereocenters. The van der Waals surface area contributed by atoms with Crippen molar-refractivity contribution in [3.8, 4) is 0 Å². The molecule has 136 valence electrons. The van der Waals surface area contributed by atoms with E-state index in [0.717, 1.165) is 46.5 Å². The number of aromatic nitrogens is 1. The van der Waals surface area contributed by atoms with Crippen LogP contribution in [-0.4, -0.2) is 23.1 Å². The maximum absolute atomic E-state index is 11.9. The van der Waals surface area contributed by atoms with Gasteiger partial charge in [-0.15, -0.1) is 0 Å². The summed E-state index contributed by atoms with van der Waals surface area (Å²) in [5, 5.41) is 6.12. The first kappa shape index (κ1) is 17.5. The van der Waals surface area contributed by atoms with Crippen LogP contribution >= 0.6 is 11.6 Å². The van der Waals surface area contributed by atoms with E-state index in [2.05, 4.69) is 15.5 Å². The number of fused-ring (bicyclic) bond motifs is 1. The summed E-state index contributed by atoms with van der Waals surface area (Å²) in [4.78, 5) is 18.0. The zero-order valence-corrected chi connectivity index (χ0v) is 15.7. The number of nitrogens with one attached hydrogen (secondary N) is 1. The lowest BCUT2D eigenvalue weighted by molar-refractivity contribution is -0.117. The van der Waals surface area contributed by atoms with Gasteiger partial charge >= 0.3 is 0 Å². The normalized spacial score (nSPS) is 14.8. The van der Waals surface area contributed by atoms with E-state index in [-0.39, 0.29) is 5.91 Å². The van der Waals surface area contributed by atoms with Crippen molar-refractivity contribution in [1.82, 2.24) is 4.98 Å². The molecule has 1 N–H and O–H groups in total. The summed E-state index contributed by atoms with van der Waals surface area (Å²) in [5.41, 5.74) is 7.61. The Kier molecular flexibility index (Phi) is 4.77. The summed E-state index contributed by atoms with van der Waals surface area (Å²) < 4.78 is 0. The molecular formula is C21H19ClN4O. The van der Waals surface area contributed by atoms with E-state index in [9.17, 15) is 4.79 Å². The highest BCUT2D eigenvalue weighted by Gasteiger charge is 2.21. The Bertz CT molecular complexity index is 1030. The van der Waals surface area contributed by atoms with Crippen LogP contribution in [-0.2, 0) is 4.79 Å². The van der Waals surface area contributed by atoms with Gasteiger partial charge in [-0.2, -0.15) is 5.10 Å². The van der Waals surface area contributed by atoms with Crippen LogP contribution < -0.4 is 10.3 Å². The monoisotopic (exact) mass is 378 g/mol. The molecule has 1 aliphatic heterocycles. The van der Waals surface area contributed by atoms with Crippen LogP contribution in [0.5, 0.6) is 0 Å². The number of hydrogen-bond acceptors (Lipinski definition) is 4. The standard InChI is InChI=1S/C21H19ClN4O/c1-14(15-4-7-17(8-5-15)26-12-2-3-21(26)27)24-25-19-10-11-23-20-13-16(22)6-9-18(19)20/h4-11,13H,2-3,12H2,1H3,(H,23,25)/b24-14-. The van der Waals surface area contributed by atoms with Crippen LogP contribution in [0.1, 0.15) is 25.3 Å². The molecule has 4 rings (SSSR count). The quantitative estimate of drug-likeness (QED) is 0.521. The van der Waals surface area contributed by atoms with Gasteiger partial charge in [0.2, 0.25) is 5.91 Å². The highest BCUT2D eigenvalue weighted by molar-refractivity contribution is 6.31. The van der Waals surface area contributed by atoms with Gasteiger partial charge < -0.3 is 4.90 Å². The van der Waals surface area contributed by atoms with Crippen molar-refractivity contribution < 1.29 is 4.79 Å². The molecule has 0 aliphatic carbocycles. The summed E-state index contributed by atoms with van der Waals surface area (Å²) in [5.74, 6) is 0.194. The van der Waals surface area contributed by atoms with Gasteiger partial charge in [0, 0.05) is 35.3 Å². The molecule has 3 aromatic rings. The molecule has 5 nitrogen and oxygen atoms in total. The molecular weight excluding hydrogens is 360 g/mol. The molecule has 1 fully saturated rings. The SMILES string of the molecule is C/C(=N/Nc1ccnc2cc(Cl)ccc12)c1ccc(N2CCCC2=O)cc1. The van der Waals surface area contributed by atoms with Crippen LogP contribution in [0.15, 0.2) is 59.8 Å². The highest BCUT2D eigenvalue weighted by atomic mass is 35.5. The minimum Gasteiger partial charge on any atom is -0.312 e. The summed E-state index contributed by atoms with van der Waals surface area (Å²) >= 11 is 6.03. The number of rotatable bonds is 4. The van der Waals surface area contributed by atoms with Gasteiger partial charge in [-0.05, 0) is 55.3 Å². The number of hydrazone groups is 1. The van der Waals surface area contributed by atoms with E-state index in [1.165, 1.54) is 0 Å². The number of hydrogen-bond donors (Lipinski definition) is 1. The third-order valence-corrected chi connectivity index (χ3v) is 4.95. The van der Waals surface area contributed by atoms with Crippen molar-refractivity contribution >= 4 is 45.5 Å². The summed E-state index contributed by atoms with van der Waals surface area (Å²) in [6.07, 6.45) is 3.29. The molecule has 0 bridgehead atoms. The summed E-state index contributed by atoms with van der Waals surface area (Å²) in [6, 6.07) is 15.4. The average molecular weight is 379 g/mol. The Hall–Kier alpha value is -2.92. The lowest BCUT2D eigenvalue weighted by atomic mass is 10.1. The van der Waals surface area contributed by atoms with Gasteiger partial charge in [0.15, 0.2) is 0 Å². The predicted molar refractivity (Wildman–Crippen MR) is 111 cm³/mol. The predicted octanol–water partition coefficient (Wildman–Crippen LogP) is 4.85. The number of halogens is 1. The van der Waals surface area contributed by atoms with Crippen molar-refractivity contribution in [2.75, 3.05) is 16.9 Å². The zero-order chi connectivity index (χ0) is 18.8. The number of nitrogens with zero attached hydrogens (tertiary/aromatic N) is 3. The Morgan fingerprint density at radius 1 is 1.19 bits per heavy atom. The van der Waals surface area contributed by atoms with Gasteiger partial charge in [0.05, 0.1) is 16.9 Å². The van der Waals surface area contributed by atoms with Gasteiger partial charge in [0.1, 0.15) is 0 Å². The number of carbonyl (C=O) groups is 1. The third kappa shape index (κ3) is 3.64. The fourth-order valence-corrected chi connectivity index (χ4v) is 3.40. The molecule has 1 aromatic heterocycles. The molecule has 1 aliphatic rings. The van der Waals surface area contributed by atoms with Crippen LogP contribution in [0, 0.1) is 0 Å². The summed E-state index contributed by atoms with van der Waals surface area (Å²) in [6.45, 7) is 2.75. The first-order valence-electron chi connectivity index (χ1n) is 8.87. The lowest BCUT2D eigenvalue weighted by Gasteiger charge is -2.16. The van der Waals surface area contributed by atoms with Crippen LogP contribution in [0.4, 0.5) is 11.4 Å². The molecule has 0 saturated carbocycles. The molecule has 0 spiro atoms. The zero-order valence-electron chi connectivity index (χ0n) is 14.9. The Morgan fingerprint density at radius 3 is 2.74 bits per heavy atom. The van der Waals surface area contributed by atoms with Crippen molar-refractivity contribution in [3.05, 3.63) is 65.3 Å². The Labute approximate surface area is 162 Å². The maximum atomic E-state index is 11.9. The molecule has 27 heavy (non-hydrogen) atoms. The van der Waals surface area contributed by atoms with Crippen LogP contribution in [0.25, 0.3) is 10.9 Å². The second-order valence-corrected chi connectivity index (χ2v) is 6.96. The van der Waals surface area contributed by atoms with Gasteiger partial charge in [-0.25, -0.2) is 0 Å². The fourth-order valence-electron chi connectivity index (χ4n) is 3.23. The fraction of sp³-hybridized carbons (Fsp3) is 0.190. The molecule has 1 saturated heterocycles. The van der Waals surface area contributed by atoms with Crippen molar-refractivity contribution in [2.45, 2.75) is 19.8 Å². The van der Waals surface area contributed by atoms with Crippen molar-refractivity contribution in [1.29, 1.82) is 0 Å². The third-order valence-electron chi connectivity index (χ3n) is 4.72. The van der Waals surface area contributed by atoms with Crippen molar-refractivity contribution in [2.24, 2.45) is 5.10 Å². The number of benzene rings is 2. The summed E-state index contributed by atoms with van der Waals surface area (Å²) in [7, 11) is 0. The Balaban J connectivity index is 1.54. The molecule has 0 atom stereocenters. The largest absolute Gasteiger partial charge is 0.312 e. The minimum atomic E-state index is 0.194. The van der Waals surface area contributed by atoms with E-state index in [0.29, 0.717) is 11.4 Å². The molecule has 6 heteroatoms. The number of amides is 1. The molecule has 2 aromatic carbocycles. The number of anilines is 2. The average Bonchev–Trinajstić information content (AvgIpc) is 3.11. The second-order valence-electron chi connectivity index (χ2n) is 6.52. The minimum absolute atomic E-state index is 0.194. The maximum Gasteiger partial charge on any atom is 0.227 e. The Morgan fingerprint density at radius 2 is 2.00 bits per heavy atom. The molecule has 1 amide bonds. The van der Waals surface area contributed by atoms with E-state index in [1.807, 2.05) is 60.4 Å². The van der Waals surface area contributed by atoms with Crippen molar-refractivity contribution in [3.63, 3.8) is 0 Å². The second kappa shape index (κ2) is 7.37. The van der Waals surface area contributed by atoms with Gasteiger partial charge in [-0.1, -0.05) is 23.7 Å². The highest BCUT2D eigenvalue weighted by Crippen LogP contribution is 2.25. The smallest absolute Gasteiger partial charge is 0.227 e.